The third-order valence-corrected chi connectivity index (χ3v) is 3.78. The molecule has 0 saturated heterocycles. The van der Waals surface area contributed by atoms with Gasteiger partial charge in [-0.25, -0.2) is 9.97 Å². The van der Waals surface area contributed by atoms with Gasteiger partial charge in [0.25, 0.3) is 0 Å². The first kappa shape index (κ1) is 17.7. The van der Waals surface area contributed by atoms with Crippen LogP contribution in [0, 0.1) is 6.92 Å². The molecule has 0 spiro atoms. The number of pyridine rings is 1. The average Bonchev–Trinajstić information content (AvgIpc) is 2.58. The molecule has 2 aromatic heterocycles. The summed E-state index contributed by atoms with van der Waals surface area (Å²) in [7, 11) is 0. The van der Waals surface area contributed by atoms with Crippen molar-refractivity contribution in [1.82, 2.24) is 15.0 Å². The molecule has 0 aliphatic carbocycles. The van der Waals surface area contributed by atoms with Gasteiger partial charge in [0.05, 0.1) is 22.6 Å². The molecule has 0 saturated carbocycles. The van der Waals surface area contributed by atoms with Crippen LogP contribution in [-0.4, -0.2) is 15.0 Å². The monoisotopic (exact) mass is 323 g/mol. The molecule has 3 rings (SSSR count). The first-order chi connectivity index (χ1) is 11.5. The highest BCUT2D eigenvalue weighted by atomic mass is 15.0. The lowest BCUT2D eigenvalue weighted by molar-refractivity contribution is 0.872. The lowest BCUT2D eigenvalue weighted by atomic mass is 9.96. The van der Waals surface area contributed by atoms with Gasteiger partial charge in [0.15, 0.2) is 0 Å². The van der Waals surface area contributed by atoms with Crippen LogP contribution in [0.2, 0.25) is 0 Å². The lowest BCUT2D eigenvalue weighted by Gasteiger charge is -2.13. The summed E-state index contributed by atoms with van der Waals surface area (Å²) in [5, 5.41) is 0.965. The maximum Gasteiger partial charge on any atom is 0.220 e. The number of nitrogens with zero attached hydrogens (tertiary/aromatic N) is 3. The third-order valence-electron chi connectivity index (χ3n) is 3.78. The van der Waals surface area contributed by atoms with Crippen LogP contribution in [0.25, 0.3) is 22.2 Å². The van der Waals surface area contributed by atoms with Gasteiger partial charge in [-0.3, -0.25) is 4.98 Å². The minimum atomic E-state index is 0.295. The van der Waals surface area contributed by atoms with E-state index in [1.807, 2.05) is 39.0 Å². The second kappa shape index (κ2) is 7.25. The first-order valence-electron chi connectivity index (χ1n) is 8.25. The Kier molecular flexibility index (Phi) is 5.34. The highest BCUT2D eigenvalue weighted by Gasteiger charge is 2.12. The highest BCUT2D eigenvalue weighted by molar-refractivity contribution is 5.87. The summed E-state index contributed by atoms with van der Waals surface area (Å²) >= 11 is 0. The van der Waals surface area contributed by atoms with Crippen LogP contribution < -0.4 is 11.5 Å². The number of nitrogen functional groups attached to an aromatic ring is 2. The van der Waals surface area contributed by atoms with Gasteiger partial charge in [-0.2, -0.15) is 0 Å². The number of aryl methyl sites for hydroxylation is 1. The zero-order valence-corrected chi connectivity index (χ0v) is 15.0. The molecular formula is C19H25N5. The van der Waals surface area contributed by atoms with Gasteiger partial charge in [-0.1, -0.05) is 27.7 Å². The van der Waals surface area contributed by atoms with E-state index in [0.717, 1.165) is 33.4 Å². The molecule has 0 aliphatic heterocycles. The summed E-state index contributed by atoms with van der Waals surface area (Å²) in [5.74, 6) is 0.621. The Balaban J connectivity index is 0.00000100. The highest BCUT2D eigenvalue weighted by Crippen LogP contribution is 2.30. The van der Waals surface area contributed by atoms with Crippen LogP contribution in [0.15, 0.2) is 30.5 Å². The Hall–Kier alpha value is -2.69. The maximum absolute atomic E-state index is 5.86. The Morgan fingerprint density at radius 3 is 2.33 bits per heavy atom. The molecule has 5 nitrogen and oxygen atoms in total. The Labute approximate surface area is 143 Å². The fraction of sp³-hybridized carbons (Fsp3) is 0.316. The predicted molar refractivity (Wildman–Crippen MR) is 102 cm³/mol. The number of benzene rings is 1. The molecule has 126 valence electrons. The molecule has 0 radical (unpaired) electrons. The molecule has 0 amide bonds. The van der Waals surface area contributed by atoms with Crippen LogP contribution in [0.4, 0.5) is 11.6 Å². The van der Waals surface area contributed by atoms with Crippen molar-refractivity contribution in [2.45, 2.75) is 40.5 Å². The fourth-order valence-electron chi connectivity index (χ4n) is 2.51. The van der Waals surface area contributed by atoms with Crippen LogP contribution in [-0.2, 0) is 0 Å². The Morgan fingerprint density at radius 2 is 1.71 bits per heavy atom. The number of fused-ring (bicyclic) bond motifs is 1. The third kappa shape index (κ3) is 3.45. The van der Waals surface area contributed by atoms with E-state index in [1.54, 1.807) is 6.20 Å². The van der Waals surface area contributed by atoms with Gasteiger partial charge in [-0.05, 0) is 42.7 Å². The number of nitrogens with two attached hydrogens (primary N) is 2. The second-order valence-corrected chi connectivity index (χ2v) is 5.76. The van der Waals surface area contributed by atoms with Gasteiger partial charge in [0.2, 0.25) is 5.95 Å². The number of hydrogen-bond acceptors (Lipinski definition) is 5. The summed E-state index contributed by atoms with van der Waals surface area (Å²) < 4.78 is 0. The van der Waals surface area contributed by atoms with Crippen molar-refractivity contribution in [2.24, 2.45) is 0 Å². The number of hydrogen-bond donors (Lipinski definition) is 2. The zero-order valence-electron chi connectivity index (χ0n) is 15.0. The molecule has 0 unspecified atom stereocenters. The average molecular weight is 323 g/mol. The largest absolute Gasteiger partial charge is 0.397 e. The molecule has 1 aromatic carbocycles. The van der Waals surface area contributed by atoms with Crippen molar-refractivity contribution in [3.05, 3.63) is 41.7 Å². The normalized spacial score (nSPS) is 10.6. The molecule has 2 heterocycles. The van der Waals surface area contributed by atoms with Gasteiger partial charge in [0.1, 0.15) is 0 Å². The minimum absolute atomic E-state index is 0.295. The van der Waals surface area contributed by atoms with Crippen LogP contribution >= 0.6 is 0 Å². The van der Waals surface area contributed by atoms with Gasteiger partial charge in [0, 0.05) is 17.1 Å². The molecule has 0 atom stereocenters. The van der Waals surface area contributed by atoms with Crippen molar-refractivity contribution < 1.29 is 0 Å². The summed E-state index contributed by atoms with van der Waals surface area (Å²) in [5.41, 5.74) is 17.1. The van der Waals surface area contributed by atoms with E-state index in [4.69, 9.17) is 11.5 Å². The Bertz CT molecular complexity index is 856. The SMILES string of the molecule is CC.Cc1nc(-c2cc(C(C)C)c3nc(N)ncc3c2)ccc1N. The van der Waals surface area contributed by atoms with E-state index in [1.165, 1.54) is 0 Å². The fourth-order valence-corrected chi connectivity index (χ4v) is 2.51. The zero-order chi connectivity index (χ0) is 17.9. The van der Waals surface area contributed by atoms with Crippen molar-refractivity contribution in [3.8, 4) is 11.3 Å². The smallest absolute Gasteiger partial charge is 0.220 e. The van der Waals surface area contributed by atoms with Crippen LogP contribution in [0.3, 0.4) is 0 Å². The van der Waals surface area contributed by atoms with E-state index < -0.39 is 0 Å². The molecule has 4 N–H and O–H groups in total. The molecule has 0 fully saturated rings. The van der Waals surface area contributed by atoms with E-state index in [0.29, 0.717) is 17.6 Å². The number of aromatic nitrogens is 3. The molecule has 3 aromatic rings. The van der Waals surface area contributed by atoms with E-state index in [9.17, 15) is 0 Å². The summed E-state index contributed by atoms with van der Waals surface area (Å²) in [6.45, 7) is 10.2. The van der Waals surface area contributed by atoms with E-state index >= 15 is 0 Å². The predicted octanol–water partition coefficient (Wildman–Crippen LogP) is 4.31. The quantitative estimate of drug-likeness (QED) is 0.733. The molecular weight excluding hydrogens is 298 g/mol. The lowest BCUT2D eigenvalue weighted by Crippen LogP contribution is -2.00. The van der Waals surface area contributed by atoms with Gasteiger partial charge >= 0.3 is 0 Å². The number of anilines is 2. The second-order valence-electron chi connectivity index (χ2n) is 5.76. The first-order valence-corrected chi connectivity index (χ1v) is 8.25. The topological polar surface area (TPSA) is 90.7 Å². The minimum Gasteiger partial charge on any atom is -0.397 e. The summed E-state index contributed by atoms with van der Waals surface area (Å²) in [6, 6.07) is 7.98. The van der Waals surface area contributed by atoms with Crippen molar-refractivity contribution in [1.29, 1.82) is 0 Å². The van der Waals surface area contributed by atoms with Crippen molar-refractivity contribution in [2.75, 3.05) is 11.5 Å². The van der Waals surface area contributed by atoms with Crippen molar-refractivity contribution in [3.63, 3.8) is 0 Å². The molecule has 0 bridgehead atoms. The number of rotatable bonds is 2. The molecule has 24 heavy (non-hydrogen) atoms. The van der Waals surface area contributed by atoms with Gasteiger partial charge in [-0.15, -0.1) is 0 Å². The van der Waals surface area contributed by atoms with E-state index in [-0.39, 0.29) is 0 Å². The maximum atomic E-state index is 5.86. The molecule has 0 aliphatic rings. The van der Waals surface area contributed by atoms with E-state index in [2.05, 4.69) is 34.9 Å². The molecule has 5 heteroatoms. The van der Waals surface area contributed by atoms with Gasteiger partial charge < -0.3 is 11.5 Å². The summed E-state index contributed by atoms with van der Waals surface area (Å²) in [6.07, 6.45) is 1.76. The van der Waals surface area contributed by atoms with Crippen LogP contribution in [0.5, 0.6) is 0 Å². The van der Waals surface area contributed by atoms with Crippen LogP contribution in [0.1, 0.15) is 44.9 Å². The standard InChI is InChI=1S/C17H19N5.C2H6/c1-9(2)13-7-11(15-5-4-14(18)10(3)21-15)6-12-8-20-17(19)22-16(12)13;1-2/h4-9H,18H2,1-3H3,(H2,19,20,22);1-2H3. The summed E-state index contributed by atoms with van der Waals surface area (Å²) in [4.78, 5) is 13.1. The Morgan fingerprint density at radius 1 is 1.00 bits per heavy atom. The van der Waals surface area contributed by atoms with Crippen molar-refractivity contribution >= 4 is 22.5 Å².